The third kappa shape index (κ3) is 5.08. The lowest BCUT2D eigenvalue weighted by Crippen LogP contribution is -2.51. The molecule has 1 amide bonds. The number of benzene rings is 1. The van der Waals surface area contributed by atoms with E-state index in [0.717, 1.165) is 41.8 Å². The number of piperidine rings is 1. The molecule has 1 fully saturated rings. The van der Waals surface area contributed by atoms with Crippen molar-refractivity contribution in [3.63, 3.8) is 0 Å². The Bertz CT molecular complexity index is 1160. The number of likely N-dealkylation sites (tertiary alicyclic amines) is 1. The first-order valence-electron chi connectivity index (χ1n) is 11.3. The number of aryl methyl sites for hydroxylation is 2. The number of carbonyl (C=O) groups excluding carboxylic acids is 1. The highest BCUT2D eigenvalue weighted by molar-refractivity contribution is 6.01. The number of nitrogens with zero attached hydrogens (tertiary/aromatic N) is 4. The lowest BCUT2D eigenvalue weighted by Gasteiger charge is -2.40. The quantitative estimate of drug-likeness (QED) is 0.558. The number of alkyl halides is 3. The first kappa shape index (κ1) is 23.8. The zero-order valence-electron chi connectivity index (χ0n) is 19.4. The number of halogens is 3. The van der Waals surface area contributed by atoms with Crippen molar-refractivity contribution in [2.45, 2.75) is 38.9 Å². The van der Waals surface area contributed by atoms with Gasteiger partial charge in [-0.15, -0.1) is 0 Å². The number of nitrogens with one attached hydrogen (secondary N) is 1. The fourth-order valence-electron chi connectivity index (χ4n) is 4.49. The largest absolute Gasteiger partial charge is 0.417 e. The van der Waals surface area contributed by atoms with E-state index in [1.54, 1.807) is 10.9 Å². The normalized spacial score (nSPS) is 18.7. The third-order valence-corrected chi connectivity index (χ3v) is 6.38. The molecule has 0 aliphatic carbocycles. The van der Waals surface area contributed by atoms with E-state index in [1.807, 2.05) is 43.3 Å². The van der Waals surface area contributed by atoms with Gasteiger partial charge >= 0.3 is 6.18 Å². The summed E-state index contributed by atoms with van der Waals surface area (Å²) in [6.45, 7) is 5.08. The van der Waals surface area contributed by atoms with Gasteiger partial charge in [0, 0.05) is 43.7 Å². The summed E-state index contributed by atoms with van der Waals surface area (Å²) in [6, 6.07) is 8.05. The summed E-state index contributed by atoms with van der Waals surface area (Å²) in [7, 11) is 1.84. The maximum absolute atomic E-state index is 13.8. The fraction of sp³-hybridized carbons (Fsp3) is 0.400. The smallest absolute Gasteiger partial charge is 0.368 e. The first-order chi connectivity index (χ1) is 16.1. The molecule has 4 rings (SSSR count). The summed E-state index contributed by atoms with van der Waals surface area (Å²) in [5.41, 5.74) is 2.53. The minimum Gasteiger partial charge on any atom is -0.368 e. The van der Waals surface area contributed by atoms with Gasteiger partial charge in [0.05, 0.1) is 17.8 Å². The van der Waals surface area contributed by atoms with E-state index in [-0.39, 0.29) is 17.9 Å². The van der Waals surface area contributed by atoms with Crippen LogP contribution in [0.1, 0.15) is 41.3 Å². The fourth-order valence-corrected chi connectivity index (χ4v) is 4.49. The standard InChI is InChI=1S/C25H28F3N5O/c1-16-6-8-20(18-12-31-32(3)15-18)21(11-16)24(34)33-10-4-5-17(2)22(33)14-30-23-9-7-19(13-29-23)25(26,27)28/h6-9,11-13,15,17,22H,4-5,10,14H2,1-3H3,(H,29,30). The number of hydrogen-bond acceptors (Lipinski definition) is 4. The van der Waals surface area contributed by atoms with Crippen molar-refractivity contribution in [2.75, 3.05) is 18.4 Å². The van der Waals surface area contributed by atoms with Crippen LogP contribution in [0.2, 0.25) is 0 Å². The molecule has 2 aromatic heterocycles. The van der Waals surface area contributed by atoms with E-state index in [1.165, 1.54) is 6.07 Å². The van der Waals surface area contributed by atoms with Crippen LogP contribution >= 0.6 is 0 Å². The van der Waals surface area contributed by atoms with Gasteiger partial charge in [-0.1, -0.05) is 24.6 Å². The molecule has 1 aromatic carbocycles. The molecule has 0 radical (unpaired) electrons. The van der Waals surface area contributed by atoms with E-state index in [9.17, 15) is 18.0 Å². The number of anilines is 1. The molecular weight excluding hydrogens is 443 g/mol. The predicted molar refractivity (Wildman–Crippen MR) is 124 cm³/mol. The average Bonchev–Trinajstić information content (AvgIpc) is 3.23. The molecule has 3 aromatic rings. The Morgan fingerprint density at radius 2 is 2.00 bits per heavy atom. The number of aromatic nitrogens is 3. The Labute approximate surface area is 196 Å². The molecule has 2 unspecified atom stereocenters. The number of pyridine rings is 1. The zero-order chi connectivity index (χ0) is 24.5. The lowest BCUT2D eigenvalue weighted by atomic mass is 9.89. The summed E-state index contributed by atoms with van der Waals surface area (Å²) in [5.74, 6) is 0.525. The van der Waals surface area contributed by atoms with Crippen LogP contribution in [0.25, 0.3) is 11.1 Å². The van der Waals surface area contributed by atoms with E-state index < -0.39 is 11.7 Å². The SMILES string of the molecule is Cc1ccc(-c2cnn(C)c2)c(C(=O)N2CCCC(C)C2CNc2ccc(C(F)(F)F)cn2)c1. The molecule has 1 N–H and O–H groups in total. The number of amides is 1. The Balaban J connectivity index is 1.57. The highest BCUT2D eigenvalue weighted by atomic mass is 19.4. The van der Waals surface area contributed by atoms with Crippen LogP contribution < -0.4 is 5.32 Å². The molecule has 180 valence electrons. The highest BCUT2D eigenvalue weighted by Crippen LogP contribution is 2.31. The van der Waals surface area contributed by atoms with E-state index in [2.05, 4.69) is 22.3 Å². The second-order valence-electron chi connectivity index (χ2n) is 8.95. The van der Waals surface area contributed by atoms with Crippen LogP contribution in [-0.4, -0.2) is 44.7 Å². The Kier molecular flexibility index (Phi) is 6.63. The maximum atomic E-state index is 13.8. The van der Waals surface area contributed by atoms with Crippen LogP contribution in [0.15, 0.2) is 48.9 Å². The molecular formula is C25H28F3N5O. The summed E-state index contributed by atoms with van der Waals surface area (Å²) >= 11 is 0. The van der Waals surface area contributed by atoms with Gasteiger partial charge in [-0.2, -0.15) is 18.3 Å². The molecule has 2 atom stereocenters. The highest BCUT2D eigenvalue weighted by Gasteiger charge is 2.34. The van der Waals surface area contributed by atoms with Gasteiger partial charge in [-0.3, -0.25) is 9.48 Å². The monoisotopic (exact) mass is 471 g/mol. The zero-order valence-corrected chi connectivity index (χ0v) is 19.4. The maximum Gasteiger partial charge on any atom is 0.417 e. The molecule has 0 bridgehead atoms. The Morgan fingerprint density at radius 1 is 1.21 bits per heavy atom. The second-order valence-corrected chi connectivity index (χ2v) is 8.95. The average molecular weight is 472 g/mol. The predicted octanol–water partition coefficient (Wildman–Crippen LogP) is 5.16. The van der Waals surface area contributed by atoms with Crippen molar-refractivity contribution in [1.82, 2.24) is 19.7 Å². The van der Waals surface area contributed by atoms with Crippen molar-refractivity contribution in [1.29, 1.82) is 0 Å². The Hall–Kier alpha value is -3.36. The van der Waals surface area contributed by atoms with E-state index in [0.29, 0.717) is 24.5 Å². The van der Waals surface area contributed by atoms with Gasteiger partial charge in [0.2, 0.25) is 0 Å². The van der Waals surface area contributed by atoms with Gasteiger partial charge in [0.1, 0.15) is 5.82 Å². The van der Waals surface area contributed by atoms with Gasteiger partial charge in [-0.25, -0.2) is 4.98 Å². The topological polar surface area (TPSA) is 63.1 Å². The number of hydrogen-bond donors (Lipinski definition) is 1. The number of carbonyl (C=O) groups is 1. The van der Waals surface area contributed by atoms with Crippen molar-refractivity contribution in [3.8, 4) is 11.1 Å². The minimum atomic E-state index is -4.42. The van der Waals surface area contributed by atoms with Crippen molar-refractivity contribution in [2.24, 2.45) is 13.0 Å². The molecule has 6 nitrogen and oxygen atoms in total. The summed E-state index contributed by atoms with van der Waals surface area (Å²) < 4.78 is 40.2. The van der Waals surface area contributed by atoms with Crippen LogP contribution in [0.4, 0.5) is 19.0 Å². The van der Waals surface area contributed by atoms with Crippen LogP contribution in [0, 0.1) is 12.8 Å². The van der Waals surface area contributed by atoms with Crippen LogP contribution in [-0.2, 0) is 13.2 Å². The van der Waals surface area contributed by atoms with Crippen molar-refractivity contribution < 1.29 is 18.0 Å². The van der Waals surface area contributed by atoms with Crippen LogP contribution in [0.3, 0.4) is 0 Å². The Morgan fingerprint density at radius 3 is 2.65 bits per heavy atom. The lowest BCUT2D eigenvalue weighted by molar-refractivity contribution is -0.137. The molecule has 1 aliphatic rings. The van der Waals surface area contributed by atoms with E-state index in [4.69, 9.17) is 0 Å². The van der Waals surface area contributed by atoms with Crippen LogP contribution in [0.5, 0.6) is 0 Å². The first-order valence-corrected chi connectivity index (χ1v) is 11.3. The molecule has 1 saturated heterocycles. The van der Waals surface area contributed by atoms with Crippen molar-refractivity contribution >= 4 is 11.7 Å². The molecule has 1 aliphatic heterocycles. The molecule has 9 heteroatoms. The van der Waals surface area contributed by atoms with Gasteiger partial charge in [0.15, 0.2) is 0 Å². The third-order valence-electron chi connectivity index (χ3n) is 6.38. The van der Waals surface area contributed by atoms with Crippen molar-refractivity contribution in [3.05, 3.63) is 65.6 Å². The van der Waals surface area contributed by atoms with Gasteiger partial charge in [-0.05, 0) is 49.4 Å². The summed E-state index contributed by atoms with van der Waals surface area (Å²) in [6.07, 6.45) is 1.90. The van der Waals surface area contributed by atoms with E-state index >= 15 is 0 Å². The molecule has 0 saturated carbocycles. The minimum absolute atomic E-state index is 0.0544. The molecule has 3 heterocycles. The molecule has 0 spiro atoms. The summed E-state index contributed by atoms with van der Waals surface area (Å²) in [5, 5.41) is 7.38. The summed E-state index contributed by atoms with van der Waals surface area (Å²) in [4.78, 5) is 19.6. The second kappa shape index (κ2) is 9.48. The molecule has 34 heavy (non-hydrogen) atoms. The number of rotatable bonds is 5. The van der Waals surface area contributed by atoms with Gasteiger partial charge < -0.3 is 10.2 Å². The van der Waals surface area contributed by atoms with Gasteiger partial charge in [0.25, 0.3) is 5.91 Å².